The van der Waals surface area contributed by atoms with Crippen molar-refractivity contribution in [1.82, 2.24) is 14.9 Å². The van der Waals surface area contributed by atoms with E-state index < -0.39 is 12.2 Å². The number of aromatic nitrogens is 3. The maximum absolute atomic E-state index is 13.3. The standard InChI is InChI=1S/C10H9F3N4S/c11-7-4-2-1-3-6(7)5-18-10-16-15-9(8(12)13)17(10)14/h1-4,8H,5,14H2. The average Bonchev–Trinajstić information content (AvgIpc) is 2.70. The van der Waals surface area contributed by atoms with Gasteiger partial charge in [0.15, 0.2) is 0 Å². The summed E-state index contributed by atoms with van der Waals surface area (Å²) < 4.78 is 38.8. The van der Waals surface area contributed by atoms with Crippen molar-refractivity contribution in [2.45, 2.75) is 17.3 Å². The van der Waals surface area contributed by atoms with Crippen LogP contribution in [0.25, 0.3) is 0 Å². The van der Waals surface area contributed by atoms with Crippen molar-refractivity contribution in [1.29, 1.82) is 0 Å². The summed E-state index contributed by atoms with van der Waals surface area (Å²) in [5.41, 5.74) is 0.448. The summed E-state index contributed by atoms with van der Waals surface area (Å²) in [5, 5.41) is 6.92. The van der Waals surface area contributed by atoms with Gasteiger partial charge >= 0.3 is 0 Å². The summed E-state index contributed by atoms with van der Waals surface area (Å²) in [6.07, 6.45) is -2.79. The number of rotatable bonds is 4. The van der Waals surface area contributed by atoms with E-state index in [-0.39, 0.29) is 16.7 Å². The summed E-state index contributed by atoms with van der Waals surface area (Å²) >= 11 is 1.04. The number of hydrogen-bond acceptors (Lipinski definition) is 4. The second kappa shape index (κ2) is 5.30. The van der Waals surface area contributed by atoms with Crippen LogP contribution in [0, 0.1) is 5.82 Å². The van der Waals surface area contributed by atoms with Gasteiger partial charge in [-0.25, -0.2) is 17.8 Å². The summed E-state index contributed by atoms with van der Waals surface area (Å²) in [4.78, 5) is 0. The summed E-state index contributed by atoms with van der Waals surface area (Å²) in [7, 11) is 0. The van der Waals surface area contributed by atoms with Gasteiger partial charge in [0, 0.05) is 5.75 Å². The van der Waals surface area contributed by atoms with Crippen LogP contribution in [-0.2, 0) is 5.75 Å². The minimum Gasteiger partial charge on any atom is -0.335 e. The molecule has 2 rings (SSSR count). The monoisotopic (exact) mass is 274 g/mol. The lowest BCUT2D eigenvalue weighted by Crippen LogP contribution is -2.14. The molecule has 0 aliphatic carbocycles. The van der Waals surface area contributed by atoms with Crippen molar-refractivity contribution in [2.24, 2.45) is 0 Å². The van der Waals surface area contributed by atoms with Gasteiger partial charge in [-0.1, -0.05) is 30.0 Å². The number of benzene rings is 1. The highest BCUT2D eigenvalue weighted by atomic mass is 32.2. The first kappa shape index (κ1) is 12.7. The molecule has 0 saturated heterocycles. The van der Waals surface area contributed by atoms with Crippen LogP contribution in [-0.4, -0.2) is 14.9 Å². The molecule has 2 N–H and O–H groups in total. The van der Waals surface area contributed by atoms with Gasteiger partial charge in [0.25, 0.3) is 6.43 Å². The summed E-state index contributed by atoms with van der Waals surface area (Å²) in [6.45, 7) is 0. The minimum atomic E-state index is -2.79. The Bertz CT molecular complexity index is 544. The van der Waals surface area contributed by atoms with Crippen molar-refractivity contribution in [3.63, 3.8) is 0 Å². The fourth-order valence-electron chi connectivity index (χ4n) is 1.29. The molecule has 1 aromatic carbocycles. The Morgan fingerprint density at radius 1 is 1.28 bits per heavy atom. The molecule has 1 heterocycles. The highest BCUT2D eigenvalue weighted by Gasteiger charge is 2.18. The van der Waals surface area contributed by atoms with E-state index in [1.165, 1.54) is 6.07 Å². The lowest BCUT2D eigenvalue weighted by atomic mass is 10.2. The van der Waals surface area contributed by atoms with E-state index in [1.54, 1.807) is 18.2 Å². The number of nitrogens with two attached hydrogens (primary N) is 1. The van der Waals surface area contributed by atoms with Crippen molar-refractivity contribution < 1.29 is 13.2 Å². The van der Waals surface area contributed by atoms with Crippen LogP contribution in [0.4, 0.5) is 13.2 Å². The normalized spacial score (nSPS) is 11.1. The fraction of sp³-hybridized carbons (Fsp3) is 0.200. The van der Waals surface area contributed by atoms with Crippen molar-refractivity contribution in [3.8, 4) is 0 Å². The maximum atomic E-state index is 13.3. The van der Waals surface area contributed by atoms with Gasteiger partial charge in [0.05, 0.1) is 0 Å². The van der Waals surface area contributed by atoms with Gasteiger partial charge in [-0.05, 0) is 11.6 Å². The van der Waals surface area contributed by atoms with Crippen LogP contribution in [0.2, 0.25) is 0 Å². The Balaban J connectivity index is 2.09. The molecule has 0 spiro atoms. The Morgan fingerprint density at radius 3 is 2.61 bits per heavy atom. The highest BCUT2D eigenvalue weighted by Crippen LogP contribution is 2.24. The van der Waals surface area contributed by atoms with Crippen LogP contribution in [0.1, 0.15) is 17.8 Å². The number of halogens is 3. The molecule has 96 valence electrons. The predicted octanol–water partition coefficient (Wildman–Crippen LogP) is 2.36. The molecule has 1 aromatic heterocycles. The summed E-state index contributed by atoms with van der Waals surface area (Å²) in [6, 6.07) is 6.20. The van der Waals surface area contributed by atoms with E-state index in [1.807, 2.05) is 0 Å². The number of alkyl halides is 2. The molecular formula is C10H9F3N4S. The number of nitrogen functional groups attached to an aromatic ring is 1. The van der Waals surface area contributed by atoms with Crippen LogP contribution in [0.5, 0.6) is 0 Å². The fourth-order valence-corrected chi connectivity index (χ4v) is 2.14. The van der Waals surface area contributed by atoms with Crippen molar-refractivity contribution in [3.05, 3.63) is 41.5 Å². The molecule has 0 bridgehead atoms. The third-order valence-electron chi connectivity index (χ3n) is 2.20. The van der Waals surface area contributed by atoms with Gasteiger partial charge < -0.3 is 5.84 Å². The molecule has 4 nitrogen and oxygen atoms in total. The Morgan fingerprint density at radius 2 is 2.00 bits per heavy atom. The molecule has 0 radical (unpaired) electrons. The first-order valence-corrected chi connectivity index (χ1v) is 5.93. The maximum Gasteiger partial charge on any atom is 0.299 e. The zero-order valence-corrected chi connectivity index (χ0v) is 9.87. The Hall–Kier alpha value is -1.70. The van der Waals surface area contributed by atoms with Crippen LogP contribution >= 0.6 is 11.8 Å². The molecule has 8 heteroatoms. The third-order valence-corrected chi connectivity index (χ3v) is 3.19. The molecule has 0 unspecified atom stereocenters. The van der Waals surface area contributed by atoms with Crippen molar-refractivity contribution >= 4 is 11.8 Å². The zero-order chi connectivity index (χ0) is 13.1. The second-order valence-corrected chi connectivity index (χ2v) is 4.33. The lowest BCUT2D eigenvalue weighted by Gasteiger charge is -2.03. The van der Waals surface area contributed by atoms with E-state index >= 15 is 0 Å². The third kappa shape index (κ3) is 2.58. The highest BCUT2D eigenvalue weighted by molar-refractivity contribution is 7.98. The average molecular weight is 274 g/mol. The Kier molecular flexibility index (Phi) is 3.75. The zero-order valence-electron chi connectivity index (χ0n) is 9.05. The number of hydrogen-bond donors (Lipinski definition) is 1. The van der Waals surface area contributed by atoms with E-state index in [2.05, 4.69) is 10.2 Å². The lowest BCUT2D eigenvalue weighted by molar-refractivity contribution is 0.136. The summed E-state index contributed by atoms with van der Waals surface area (Å²) in [5.74, 6) is 4.68. The topological polar surface area (TPSA) is 56.7 Å². The molecule has 2 aromatic rings. The molecular weight excluding hydrogens is 265 g/mol. The largest absolute Gasteiger partial charge is 0.335 e. The second-order valence-electron chi connectivity index (χ2n) is 3.39. The molecule has 0 atom stereocenters. The number of nitrogens with zero attached hydrogens (tertiary/aromatic N) is 3. The quantitative estimate of drug-likeness (QED) is 0.687. The van der Waals surface area contributed by atoms with E-state index in [4.69, 9.17) is 5.84 Å². The van der Waals surface area contributed by atoms with Gasteiger partial charge in [-0.15, -0.1) is 10.2 Å². The predicted molar refractivity (Wildman–Crippen MR) is 61.1 cm³/mol. The molecule has 0 fully saturated rings. The SMILES string of the molecule is Nn1c(SCc2ccccc2F)nnc1C(F)F. The van der Waals surface area contributed by atoms with Crippen molar-refractivity contribution in [2.75, 3.05) is 5.84 Å². The Labute approximate surface area is 105 Å². The van der Waals surface area contributed by atoms with E-state index in [9.17, 15) is 13.2 Å². The van der Waals surface area contributed by atoms with Crippen LogP contribution in [0.3, 0.4) is 0 Å². The minimum absolute atomic E-state index is 0.119. The van der Waals surface area contributed by atoms with Crippen LogP contribution < -0.4 is 5.84 Å². The molecule has 18 heavy (non-hydrogen) atoms. The van der Waals surface area contributed by atoms with Gasteiger partial charge in [-0.2, -0.15) is 0 Å². The molecule has 0 aliphatic rings. The molecule has 0 aliphatic heterocycles. The molecule has 0 amide bonds. The van der Waals surface area contributed by atoms with Gasteiger partial charge in [0.2, 0.25) is 11.0 Å². The first-order chi connectivity index (χ1) is 8.59. The first-order valence-electron chi connectivity index (χ1n) is 4.94. The van der Waals surface area contributed by atoms with Gasteiger partial charge in [-0.3, -0.25) is 0 Å². The van der Waals surface area contributed by atoms with E-state index in [0.717, 1.165) is 16.4 Å². The molecule has 0 saturated carbocycles. The smallest absolute Gasteiger partial charge is 0.299 e. The van der Waals surface area contributed by atoms with Crippen LogP contribution in [0.15, 0.2) is 29.4 Å². The number of thioether (sulfide) groups is 1. The van der Waals surface area contributed by atoms with Gasteiger partial charge in [0.1, 0.15) is 5.82 Å². The van der Waals surface area contributed by atoms with E-state index in [0.29, 0.717) is 5.56 Å².